The zero-order chi connectivity index (χ0) is 15.8. The molecule has 0 spiro atoms. The van der Waals surface area contributed by atoms with E-state index in [1.165, 1.54) is 13.5 Å². The summed E-state index contributed by atoms with van der Waals surface area (Å²) in [7, 11) is 1.39. The van der Waals surface area contributed by atoms with Crippen LogP contribution in [0.15, 0.2) is 0 Å². The van der Waals surface area contributed by atoms with Crippen LogP contribution in [0.2, 0.25) is 0 Å². The number of nitrogens with zero attached hydrogens (tertiary/aromatic N) is 1. The first-order valence-corrected chi connectivity index (χ1v) is 8.10. The van der Waals surface area contributed by atoms with Crippen molar-refractivity contribution in [3.63, 3.8) is 0 Å². The maximum absolute atomic E-state index is 12.4. The molecule has 0 aromatic rings. The molecule has 21 heavy (non-hydrogen) atoms. The van der Waals surface area contributed by atoms with Gasteiger partial charge in [-0.25, -0.2) is 0 Å². The summed E-state index contributed by atoms with van der Waals surface area (Å²) < 4.78 is 4.81. The van der Waals surface area contributed by atoms with Crippen molar-refractivity contribution in [1.29, 1.82) is 0 Å². The van der Waals surface area contributed by atoms with Crippen LogP contribution in [0.4, 0.5) is 0 Å². The number of carbonyl (C=O) groups excluding carboxylic acids is 2. The average molecular weight is 298 g/mol. The molecule has 5 nitrogen and oxygen atoms in total. The van der Waals surface area contributed by atoms with Gasteiger partial charge in [0.1, 0.15) is 6.04 Å². The molecule has 1 aliphatic heterocycles. The van der Waals surface area contributed by atoms with E-state index < -0.39 is 6.04 Å². The molecule has 1 fully saturated rings. The molecule has 0 saturated carbocycles. The normalized spacial score (nSPS) is 20.4. The molecule has 0 aromatic carbocycles. The monoisotopic (exact) mass is 298 g/mol. The second-order valence-electron chi connectivity index (χ2n) is 6.23. The Bertz CT molecular complexity index is 344. The molecule has 0 aliphatic carbocycles. The molecule has 1 saturated heterocycles. The van der Waals surface area contributed by atoms with Crippen molar-refractivity contribution in [3.05, 3.63) is 0 Å². The van der Waals surface area contributed by atoms with Crippen molar-refractivity contribution in [2.24, 2.45) is 5.92 Å². The third-order valence-electron chi connectivity index (χ3n) is 4.11. The molecular formula is C16H30N2O3. The second-order valence-corrected chi connectivity index (χ2v) is 6.23. The Balaban J connectivity index is 2.53. The number of carbonyl (C=O) groups is 2. The Hall–Kier alpha value is -1.10. The minimum absolute atomic E-state index is 0.0965. The van der Waals surface area contributed by atoms with Crippen molar-refractivity contribution in [1.82, 2.24) is 10.2 Å². The smallest absolute Gasteiger partial charge is 0.322 e. The van der Waals surface area contributed by atoms with Gasteiger partial charge in [0, 0.05) is 12.6 Å². The number of amides is 1. The highest BCUT2D eigenvalue weighted by molar-refractivity contribution is 5.81. The maximum atomic E-state index is 12.4. The first-order chi connectivity index (χ1) is 9.99. The predicted molar refractivity (Wildman–Crippen MR) is 82.9 cm³/mol. The lowest BCUT2D eigenvalue weighted by atomic mass is 10.00. The van der Waals surface area contributed by atoms with Crippen molar-refractivity contribution >= 4 is 11.9 Å². The first kappa shape index (κ1) is 18.0. The standard InChI is InChI=1S/C16H30N2O3/c1-5-13-8-6-7-9-18(13)15(19)11-17-14(10-12(2)3)16(20)21-4/h12-14,17H,5-11H2,1-4H3. The van der Waals surface area contributed by atoms with E-state index in [0.717, 1.165) is 25.8 Å². The molecule has 2 unspecified atom stereocenters. The van der Waals surface area contributed by atoms with Crippen LogP contribution < -0.4 is 5.32 Å². The fraction of sp³-hybridized carbons (Fsp3) is 0.875. The highest BCUT2D eigenvalue weighted by Gasteiger charge is 2.27. The number of hydrogen-bond donors (Lipinski definition) is 1. The van der Waals surface area contributed by atoms with Crippen LogP contribution in [0, 0.1) is 5.92 Å². The van der Waals surface area contributed by atoms with E-state index in [4.69, 9.17) is 4.74 Å². The summed E-state index contributed by atoms with van der Waals surface area (Å²) >= 11 is 0. The van der Waals surface area contributed by atoms with Gasteiger partial charge in [0.05, 0.1) is 13.7 Å². The van der Waals surface area contributed by atoms with Gasteiger partial charge in [-0.2, -0.15) is 0 Å². The lowest BCUT2D eigenvalue weighted by Crippen LogP contribution is -2.50. The zero-order valence-corrected chi connectivity index (χ0v) is 13.9. The quantitative estimate of drug-likeness (QED) is 0.730. The van der Waals surface area contributed by atoms with Gasteiger partial charge >= 0.3 is 5.97 Å². The molecule has 1 aliphatic rings. The molecule has 5 heteroatoms. The largest absolute Gasteiger partial charge is 0.468 e. The van der Waals surface area contributed by atoms with Gasteiger partial charge in [-0.15, -0.1) is 0 Å². The van der Waals surface area contributed by atoms with Crippen LogP contribution in [0.3, 0.4) is 0 Å². The molecule has 0 aromatic heterocycles. The van der Waals surface area contributed by atoms with Gasteiger partial charge < -0.3 is 9.64 Å². The summed E-state index contributed by atoms with van der Waals surface area (Å²) in [6.45, 7) is 7.28. The van der Waals surface area contributed by atoms with Crippen molar-refractivity contribution in [2.75, 3.05) is 20.2 Å². The minimum atomic E-state index is -0.399. The van der Waals surface area contributed by atoms with Crippen LogP contribution in [0.25, 0.3) is 0 Å². The molecule has 0 radical (unpaired) electrons. The number of rotatable bonds is 7. The summed E-state index contributed by atoms with van der Waals surface area (Å²) in [6.07, 6.45) is 5.05. The Morgan fingerprint density at radius 1 is 1.33 bits per heavy atom. The van der Waals surface area contributed by atoms with Gasteiger partial charge in [0.25, 0.3) is 0 Å². The topological polar surface area (TPSA) is 58.6 Å². The van der Waals surface area contributed by atoms with Crippen molar-refractivity contribution < 1.29 is 14.3 Å². The maximum Gasteiger partial charge on any atom is 0.322 e. The van der Waals surface area contributed by atoms with Gasteiger partial charge in [-0.3, -0.25) is 14.9 Å². The Morgan fingerprint density at radius 3 is 2.62 bits per heavy atom. The summed E-state index contributed by atoms with van der Waals surface area (Å²) in [5, 5.41) is 3.08. The Morgan fingerprint density at radius 2 is 2.05 bits per heavy atom. The molecule has 0 bridgehead atoms. The van der Waals surface area contributed by atoms with E-state index in [1.807, 2.05) is 4.90 Å². The fourth-order valence-electron chi connectivity index (χ4n) is 2.94. The van der Waals surface area contributed by atoms with Crippen molar-refractivity contribution in [3.8, 4) is 0 Å². The van der Waals surface area contributed by atoms with E-state index >= 15 is 0 Å². The lowest BCUT2D eigenvalue weighted by Gasteiger charge is -2.35. The summed E-state index contributed by atoms with van der Waals surface area (Å²) in [5.41, 5.74) is 0. The fourth-order valence-corrected chi connectivity index (χ4v) is 2.94. The summed E-state index contributed by atoms with van der Waals surface area (Å²) in [4.78, 5) is 26.1. The number of hydrogen-bond acceptors (Lipinski definition) is 4. The molecule has 122 valence electrons. The zero-order valence-electron chi connectivity index (χ0n) is 13.9. The summed E-state index contributed by atoms with van der Waals surface area (Å²) in [6, 6.07) is -0.0430. The number of piperidine rings is 1. The van der Waals surface area contributed by atoms with Gasteiger partial charge in [0.15, 0.2) is 0 Å². The molecular weight excluding hydrogens is 268 g/mol. The Kier molecular flexibility index (Phi) is 7.72. The first-order valence-electron chi connectivity index (χ1n) is 8.10. The van der Waals surface area contributed by atoms with Crippen LogP contribution >= 0.6 is 0 Å². The summed E-state index contributed by atoms with van der Waals surface area (Å²) in [5.74, 6) is 0.177. The lowest BCUT2D eigenvalue weighted by molar-refractivity contribution is -0.144. The third kappa shape index (κ3) is 5.65. The van der Waals surface area contributed by atoms with Gasteiger partial charge in [-0.1, -0.05) is 20.8 Å². The highest BCUT2D eigenvalue weighted by atomic mass is 16.5. The van der Waals surface area contributed by atoms with E-state index in [1.54, 1.807) is 0 Å². The number of methoxy groups -OCH3 is 1. The van der Waals surface area contributed by atoms with E-state index in [2.05, 4.69) is 26.1 Å². The molecule has 1 heterocycles. The van der Waals surface area contributed by atoms with E-state index in [9.17, 15) is 9.59 Å². The average Bonchev–Trinajstić information content (AvgIpc) is 2.49. The van der Waals surface area contributed by atoms with Crippen LogP contribution in [0.1, 0.15) is 52.9 Å². The number of esters is 1. The van der Waals surface area contributed by atoms with E-state index in [0.29, 0.717) is 18.4 Å². The van der Waals surface area contributed by atoms with Crippen molar-refractivity contribution in [2.45, 2.75) is 65.0 Å². The SMILES string of the molecule is CCC1CCCCN1C(=O)CNC(CC(C)C)C(=O)OC. The molecule has 1 amide bonds. The predicted octanol–water partition coefficient (Wildman–Crippen LogP) is 1.95. The number of nitrogens with one attached hydrogen (secondary N) is 1. The van der Waals surface area contributed by atoms with E-state index in [-0.39, 0.29) is 18.4 Å². The second kappa shape index (κ2) is 9.03. The van der Waals surface area contributed by atoms with Crippen LogP contribution in [-0.2, 0) is 14.3 Å². The van der Waals surface area contributed by atoms with Gasteiger partial charge in [-0.05, 0) is 38.0 Å². The van der Waals surface area contributed by atoms with Gasteiger partial charge in [0.2, 0.25) is 5.91 Å². The van der Waals surface area contributed by atoms with Crippen LogP contribution in [0.5, 0.6) is 0 Å². The molecule has 1 rings (SSSR count). The highest BCUT2D eigenvalue weighted by Crippen LogP contribution is 2.19. The van der Waals surface area contributed by atoms with Crippen LogP contribution in [-0.4, -0.2) is 49.1 Å². The minimum Gasteiger partial charge on any atom is -0.468 e. The number of ether oxygens (including phenoxy) is 1. The third-order valence-corrected chi connectivity index (χ3v) is 4.11. The molecule has 1 N–H and O–H groups in total. The molecule has 2 atom stereocenters. The number of likely N-dealkylation sites (tertiary alicyclic amines) is 1. The Labute approximate surface area is 128 Å².